The number of carbonyl (C=O) groups excluding carboxylic acids is 1. The number of imidazole rings is 1. The Labute approximate surface area is 142 Å². The zero-order chi connectivity index (χ0) is 15.6. The minimum Gasteiger partial charge on any atom is -1.00 e. The number of halogens is 1. The average Bonchev–Trinajstić information content (AvgIpc) is 2.69. The van der Waals surface area contributed by atoms with Gasteiger partial charge >= 0.3 is 0 Å². The molecule has 0 radical (unpaired) electrons. The summed E-state index contributed by atoms with van der Waals surface area (Å²) in [6.07, 6.45) is 2.13. The number of nitrogens with zero attached hydrogens (tertiary/aromatic N) is 2. The van der Waals surface area contributed by atoms with E-state index in [1.165, 1.54) is 0 Å². The van der Waals surface area contributed by atoms with Crippen LogP contribution in [0.2, 0.25) is 0 Å². The lowest BCUT2D eigenvalue weighted by atomic mass is 9.91. The lowest BCUT2D eigenvalue weighted by Gasteiger charge is -2.17. The Morgan fingerprint density at radius 2 is 1.68 bits per heavy atom. The Morgan fingerprint density at radius 1 is 1.14 bits per heavy atom. The molecule has 2 rings (SSSR count). The van der Waals surface area contributed by atoms with Crippen LogP contribution in [0.3, 0.4) is 0 Å². The van der Waals surface area contributed by atoms with Crippen LogP contribution in [0.15, 0.2) is 24.3 Å². The van der Waals surface area contributed by atoms with Gasteiger partial charge in [-0.1, -0.05) is 46.2 Å². The number of Topliss-reactive ketones (excluding diaryl/α,β-unsaturated/α-hetero) is 1. The highest BCUT2D eigenvalue weighted by Crippen LogP contribution is 2.18. The van der Waals surface area contributed by atoms with Gasteiger partial charge in [0.25, 0.3) is 0 Å². The van der Waals surface area contributed by atoms with Gasteiger partial charge in [-0.05, 0) is 18.6 Å². The van der Waals surface area contributed by atoms with Gasteiger partial charge in [0, 0.05) is 12.0 Å². The van der Waals surface area contributed by atoms with Gasteiger partial charge in [0.1, 0.15) is 0 Å². The summed E-state index contributed by atoms with van der Waals surface area (Å²) in [5.74, 6) is 0.152. The van der Waals surface area contributed by atoms with E-state index in [0.29, 0.717) is 5.62 Å². The Balaban J connectivity index is 0.00000242. The number of carbonyl (C=O) groups is 1. The molecule has 0 aliphatic rings. The molecule has 1 aromatic carbocycles. The zero-order valence-electron chi connectivity index (χ0n) is 13.8. The number of rotatable bonds is 5. The molecule has 1 N–H and O–H groups in total. The normalized spacial score (nSPS) is 11.5. The lowest BCUT2D eigenvalue weighted by Crippen LogP contribution is -3.00. The highest BCUT2D eigenvalue weighted by molar-refractivity contribution is 5.85. The van der Waals surface area contributed by atoms with Crippen molar-refractivity contribution in [2.24, 2.45) is 5.41 Å². The van der Waals surface area contributed by atoms with Gasteiger partial charge in [-0.15, -0.1) is 0 Å². The number of para-hydroxylation sites is 2. The van der Waals surface area contributed by atoms with Gasteiger partial charge < -0.3 is 26.1 Å². The molecule has 0 saturated heterocycles. The van der Waals surface area contributed by atoms with Gasteiger partial charge in [0.2, 0.25) is 5.62 Å². The molecule has 22 heavy (non-hydrogen) atoms. The van der Waals surface area contributed by atoms with Crippen LogP contribution in [0.25, 0.3) is 11.0 Å². The van der Waals surface area contributed by atoms with Crippen LogP contribution in [0.4, 0.5) is 0 Å². The van der Waals surface area contributed by atoms with Gasteiger partial charge in [-0.2, -0.15) is 0 Å². The maximum atomic E-state index is 12.3. The molecule has 0 aliphatic carbocycles. The molecule has 0 aliphatic heterocycles. The van der Waals surface area contributed by atoms with Gasteiger partial charge in [0.05, 0.1) is 17.6 Å². The standard InChI is InChI=1S/C17H25N3O.BrH/c1-5-6-11-19-13-9-7-8-10-14(13)20(16(19)18)12-15(21)17(2,3)4;/h7-10,18H,5-6,11-12H2,1-4H3;1H/p-1. The van der Waals surface area contributed by atoms with E-state index >= 15 is 0 Å². The Kier molecular flexibility index (Phi) is 6.17. The molecule has 1 aromatic heterocycles. The van der Waals surface area contributed by atoms with Crippen LogP contribution in [0, 0.1) is 10.8 Å². The van der Waals surface area contributed by atoms with Crippen molar-refractivity contribution in [2.75, 3.05) is 0 Å². The van der Waals surface area contributed by atoms with Crippen molar-refractivity contribution in [3.8, 4) is 0 Å². The van der Waals surface area contributed by atoms with E-state index in [1.807, 2.05) is 54.2 Å². The summed E-state index contributed by atoms with van der Waals surface area (Å²) in [7, 11) is 0. The summed E-state index contributed by atoms with van der Waals surface area (Å²) in [4.78, 5) is 12.3. The molecule has 0 fully saturated rings. The fraction of sp³-hybridized carbons (Fsp3) is 0.529. The lowest BCUT2D eigenvalue weighted by molar-refractivity contribution is -0.126. The van der Waals surface area contributed by atoms with E-state index in [2.05, 4.69) is 6.92 Å². The predicted octanol–water partition coefficient (Wildman–Crippen LogP) is 0.342. The summed E-state index contributed by atoms with van der Waals surface area (Å²) in [6, 6.07) is 7.97. The molecule has 1 heterocycles. The number of fused-ring (bicyclic) bond motifs is 1. The van der Waals surface area contributed by atoms with E-state index in [9.17, 15) is 4.79 Å². The third-order valence-corrected chi connectivity index (χ3v) is 3.85. The van der Waals surface area contributed by atoms with Crippen LogP contribution >= 0.6 is 0 Å². The molecule has 0 saturated carbocycles. The number of aryl methyl sites for hydroxylation is 1. The molecule has 0 amide bonds. The maximum Gasteiger partial charge on any atom is 0.203 e. The molecular formula is C17H25BrN3O-. The first-order valence-corrected chi connectivity index (χ1v) is 7.62. The molecule has 2 aromatic rings. The molecule has 4 nitrogen and oxygen atoms in total. The molecule has 5 heteroatoms. The quantitative estimate of drug-likeness (QED) is 0.814. The van der Waals surface area contributed by atoms with Crippen molar-refractivity contribution in [1.29, 1.82) is 5.41 Å². The Morgan fingerprint density at radius 3 is 2.18 bits per heavy atom. The van der Waals surface area contributed by atoms with E-state index in [4.69, 9.17) is 5.41 Å². The first kappa shape index (κ1) is 18.7. The Hall–Kier alpha value is -1.36. The number of unbranched alkanes of at least 4 members (excludes halogenated alkanes) is 1. The van der Waals surface area contributed by atoms with E-state index in [1.54, 1.807) is 0 Å². The molecule has 0 spiro atoms. The second-order valence-corrected chi connectivity index (χ2v) is 6.58. The highest BCUT2D eigenvalue weighted by atomic mass is 79.9. The van der Waals surface area contributed by atoms with Crippen LogP contribution in [0.5, 0.6) is 0 Å². The van der Waals surface area contributed by atoms with Crippen molar-refractivity contribution < 1.29 is 21.8 Å². The average molecular weight is 367 g/mol. The van der Waals surface area contributed by atoms with Crippen molar-refractivity contribution in [3.63, 3.8) is 0 Å². The van der Waals surface area contributed by atoms with Crippen LogP contribution < -0.4 is 22.6 Å². The summed E-state index contributed by atoms with van der Waals surface area (Å²) in [5, 5.41) is 8.42. The summed E-state index contributed by atoms with van der Waals surface area (Å²) >= 11 is 0. The van der Waals surface area contributed by atoms with Crippen molar-refractivity contribution in [1.82, 2.24) is 9.13 Å². The number of aromatic nitrogens is 2. The molecular weight excluding hydrogens is 342 g/mol. The highest BCUT2D eigenvalue weighted by Gasteiger charge is 2.23. The molecule has 0 atom stereocenters. The minimum absolute atomic E-state index is 0. The number of hydrogen-bond acceptors (Lipinski definition) is 2. The molecule has 122 valence electrons. The number of benzene rings is 1. The minimum atomic E-state index is -0.383. The van der Waals surface area contributed by atoms with Crippen LogP contribution in [-0.2, 0) is 17.9 Å². The molecule has 0 unspecified atom stereocenters. The largest absolute Gasteiger partial charge is 1.00 e. The van der Waals surface area contributed by atoms with E-state index in [0.717, 1.165) is 30.4 Å². The van der Waals surface area contributed by atoms with Gasteiger partial charge in [0.15, 0.2) is 5.78 Å². The second kappa shape index (κ2) is 7.27. The summed E-state index contributed by atoms with van der Waals surface area (Å²) < 4.78 is 3.84. The number of hydrogen-bond donors (Lipinski definition) is 1. The summed E-state index contributed by atoms with van der Waals surface area (Å²) in [6.45, 7) is 9.02. The SMILES string of the molecule is CCCCn1c(=N)n(CC(=O)C(C)(C)C)c2ccccc21.[Br-]. The topological polar surface area (TPSA) is 50.8 Å². The van der Waals surface area contributed by atoms with Crippen LogP contribution in [0.1, 0.15) is 40.5 Å². The molecule has 0 bridgehead atoms. The maximum absolute atomic E-state index is 12.3. The third kappa shape index (κ3) is 3.69. The Bertz CT molecular complexity index is 707. The van der Waals surface area contributed by atoms with Crippen molar-refractivity contribution in [3.05, 3.63) is 29.9 Å². The first-order valence-electron chi connectivity index (χ1n) is 7.62. The predicted molar refractivity (Wildman–Crippen MR) is 85.2 cm³/mol. The monoisotopic (exact) mass is 366 g/mol. The van der Waals surface area contributed by atoms with E-state index < -0.39 is 0 Å². The van der Waals surface area contributed by atoms with Crippen molar-refractivity contribution >= 4 is 16.8 Å². The summed E-state index contributed by atoms with van der Waals surface area (Å²) in [5.41, 5.74) is 2.04. The van der Waals surface area contributed by atoms with Gasteiger partial charge in [-0.3, -0.25) is 10.2 Å². The number of nitrogens with one attached hydrogen (secondary N) is 1. The fourth-order valence-corrected chi connectivity index (χ4v) is 2.38. The fourth-order valence-electron chi connectivity index (χ4n) is 2.38. The third-order valence-electron chi connectivity index (χ3n) is 3.85. The zero-order valence-corrected chi connectivity index (χ0v) is 15.4. The second-order valence-electron chi connectivity index (χ2n) is 6.58. The number of ketones is 1. The van der Waals surface area contributed by atoms with E-state index in [-0.39, 0.29) is 34.7 Å². The van der Waals surface area contributed by atoms with Gasteiger partial charge in [-0.25, -0.2) is 0 Å². The smallest absolute Gasteiger partial charge is 0.203 e. The first-order chi connectivity index (χ1) is 9.86. The van der Waals surface area contributed by atoms with Crippen LogP contribution in [-0.4, -0.2) is 14.9 Å². The van der Waals surface area contributed by atoms with Crippen molar-refractivity contribution in [2.45, 2.75) is 53.6 Å².